The second-order valence-corrected chi connectivity index (χ2v) is 4.18. The lowest BCUT2D eigenvalue weighted by atomic mass is 9.99. The largest absolute Gasteiger partial charge is 0.480 e. The summed E-state index contributed by atoms with van der Waals surface area (Å²) < 4.78 is 38.4. The van der Waals surface area contributed by atoms with E-state index in [4.69, 9.17) is 5.11 Å². The summed E-state index contributed by atoms with van der Waals surface area (Å²) in [6.45, 7) is 3.35. The van der Waals surface area contributed by atoms with Gasteiger partial charge in [-0.25, -0.2) is 0 Å². The summed E-state index contributed by atoms with van der Waals surface area (Å²) in [4.78, 5) is 11.1. The zero-order chi connectivity index (χ0) is 13.9. The number of halogens is 3. The van der Waals surface area contributed by atoms with Gasteiger partial charge in [0.2, 0.25) is 0 Å². The normalized spacial score (nSPS) is 13.7. The van der Waals surface area contributed by atoms with Crippen LogP contribution in [0.25, 0.3) is 0 Å². The van der Waals surface area contributed by atoms with E-state index in [2.05, 4.69) is 5.32 Å². The Morgan fingerprint density at radius 3 is 2.28 bits per heavy atom. The van der Waals surface area contributed by atoms with Gasteiger partial charge in [-0.1, -0.05) is 18.2 Å². The lowest BCUT2D eigenvalue weighted by molar-refractivity contribution is -0.142. The second-order valence-electron chi connectivity index (χ2n) is 4.18. The van der Waals surface area contributed by atoms with Gasteiger partial charge in [-0.05, 0) is 25.5 Å². The summed E-state index contributed by atoms with van der Waals surface area (Å²) >= 11 is 0. The van der Waals surface area contributed by atoms with Gasteiger partial charge in [-0.2, -0.15) is 13.2 Å². The lowest BCUT2D eigenvalue weighted by Crippen LogP contribution is -2.35. The highest BCUT2D eigenvalue weighted by Gasteiger charge is 2.36. The molecule has 0 saturated heterocycles. The molecule has 18 heavy (non-hydrogen) atoms. The number of carbonyl (C=O) groups is 1. The molecule has 6 heteroatoms. The van der Waals surface area contributed by atoms with E-state index in [-0.39, 0.29) is 11.6 Å². The number of hydrogen-bond acceptors (Lipinski definition) is 2. The maximum Gasteiger partial charge on any atom is 0.416 e. The average molecular weight is 261 g/mol. The Hall–Kier alpha value is -1.56. The molecule has 0 radical (unpaired) electrons. The molecule has 1 rings (SSSR count). The van der Waals surface area contributed by atoms with Crippen LogP contribution >= 0.6 is 0 Å². The summed E-state index contributed by atoms with van der Waals surface area (Å²) in [6.07, 6.45) is -4.57. The van der Waals surface area contributed by atoms with Crippen LogP contribution in [-0.4, -0.2) is 17.1 Å². The van der Waals surface area contributed by atoms with Gasteiger partial charge < -0.3 is 5.11 Å². The Balaban J connectivity index is 3.24. The quantitative estimate of drug-likeness (QED) is 0.876. The van der Waals surface area contributed by atoms with Gasteiger partial charge in [-0.15, -0.1) is 0 Å². The molecule has 0 aliphatic rings. The molecule has 2 N–H and O–H groups in total. The van der Waals surface area contributed by atoms with Crippen molar-refractivity contribution in [3.8, 4) is 0 Å². The minimum absolute atomic E-state index is 0.243. The number of aliphatic carboxylic acids is 1. The van der Waals surface area contributed by atoms with E-state index in [9.17, 15) is 18.0 Å². The third-order valence-corrected chi connectivity index (χ3v) is 2.32. The minimum Gasteiger partial charge on any atom is -0.480 e. The average Bonchev–Trinajstić information content (AvgIpc) is 2.24. The fourth-order valence-electron chi connectivity index (χ4n) is 1.63. The molecular weight excluding hydrogens is 247 g/mol. The van der Waals surface area contributed by atoms with Crippen LogP contribution in [0, 0.1) is 0 Å². The zero-order valence-electron chi connectivity index (χ0n) is 9.95. The molecule has 0 amide bonds. The Morgan fingerprint density at radius 2 is 1.83 bits per heavy atom. The monoisotopic (exact) mass is 261 g/mol. The Labute approximate surface area is 103 Å². The fourth-order valence-corrected chi connectivity index (χ4v) is 1.63. The van der Waals surface area contributed by atoms with E-state index in [1.165, 1.54) is 18.2 Å². The number of benzene rings is 1. The van der Waals surface area contributed by atoms with Crippen molar-refractivity contribution < 1.29 is 23.1 Å². The van der Waals surface area contributed by atoms with Crippen LogP contribution < -0.4 is 5.32 Å². The van der Waals surface area contributed by atoms with Crippen molar-refractivity contribution in [1.29, 1.82) is 0 Å². The van der Waals surface area contributed by atoms with E-state index >= 15 is 0 Å². The van der Waals surface area contributed by atoms with Crippen molar-refractivity contribution >= 4 is 5.97 Å². The van der Waals surface area contributed by atoms with Crippen LogP contribution in [0.3, 0.4) is 0 Å². The van der Waals surface area contributed by atoms with E-state index in [1.54, 1.807) is 13.8 Å². The molecule has 0 fully saturated rings. The third-order valence-electron chi connectivity index (χ3n) is 2.32. The number of carboxylic acid groups (broad SMARTS) is 1. The molecule has 0 heterocycles. The zero-order valence-corrected chi connectivity index (χ0v) is 9.95. The summed E-state index contributed by atoms with van der Waals surface area (Å²) in [5.41, 5.74) is -1.20. The van der Waals surface area contributed by atoms with Crippen molar-refractivity contribution in [2.24, 2.45) is 0 Å². The number of carboxylic acids is 1. The van der Waals surface area contributed by atoms with Crippen LogP contribution in [0.2, 0.25) is 0 Å². The van der Waals surface area contributed by atoms with Gasteiger partial charge in [0.05, 0.1) is 5.56 Å². The molecule has 0 saturated carbocycles. The first-order valence-corrected chi connectivity index (χ1v) is 5.38. The van der Waals surface area contributed by atoms with Crippen LogP contribution in [0.5, 0.6) is 0 Å². The van der Waals surface area contributed by atoms with Crippen LogP contribution in [0.15, 0.2) is 24.3 Å². The Morgan fingerprint density at radius 1 is 1.28 bits per heavy atom. The van der Waals surface area contributed by atoms with Gasteiger partial charge in [0.25, 0.3) is 0 Å². The second kappa shape index (κ2) is 5.39. The summed E-state index contributed by atoms with van der Waals surface area (Å²) in [6, 6.07) is 3.07. The highest BCUT2D eigenvalue weighted by atomic mass is 19.4. The smallest absolute Gasteiger partial charge is 0.416 e. The molecule has 0 aliphatic heterocycles. The van der Waals surface area contributed by atoms with Crippen molar-refractivity contribution in [2.75, 3.05) is 0 Å². The van der Waals surface area contributed by atoms with E-state index < -0.39 is 23.8 Å². The first kappa shape index (κ1) is 14.5. The maximum absolute atomic E-state index is 12.8. The van der Waals surface area contributed by atoms with Crippen molar-refractivity contribution in [3.05, 3.63) is 35.4 Å². The van der Waals surface area contributed by atoms with E-state index in [1.807, 2.05) is 0 Å². The molecule has 1 aromatic rings. The SMILES string of the molecule is CC(C)NC(C(=O)O)c1ccccc1C(F)(F)F. The predicted octanol–water partition coefficient (Wildman–Crippen LogP) is 2.83. The predicted molar refractivity (Wildman–Crippen MR) is 60.1 cm³/mol. The van der Waals surface area contributed by atoms with Crippen molar-refractivity contribution in [1.82, 2.24) is 5.32 Å². The molecule has 100 valence electrons. The molecule has 1 atom stereocenters. The molecule has 0 spiro atoms. The first-order chi connectivity index (χ1) is 8.23. The molecule has 0 aliphatic carbocycles. The summed E-state index contributed by atoms with van der Waals surface area (Å²) in [7, 11) is 0. The number of nitrogens with one attached hydrogen (secondary N) is 1. The van der Waals surface area contributed by atoms with Gasteiger partial charge >= 0.3 is 12.1 Å². The number of hydrogen-bond donors (Lipinski definition) is 2. The van der Waals surface area contributed by atoms with E-state index in [0.717, 1.165) is 6.07 Å². The molecule has 0 bridgehead atoms. The number of alkyl halides is 3. The van der Waals surface area contributed by atoms with Gasteiger partial charge in [-0.3, -0.25) is 10.1 Å². The molecule has 0 aromatic heterocycles. The Bertz CT molecular complexity index is 430. The third kappa shape index (κ3) is 3.46. The van der Waals surface area contributed by atoms with Crippen molar-refractivity contribution in [2.45, 2.75) is 32.1 Å². The van der Waals surface area contributed by atoms with Crippen LogP contribution in [0.4, 0.5) is 13.2 Å². The van der Waals surface area contributed by atoms with E-state index in [0.29, 0.717) is 0 Å². The van der Waals surface area contributed by atoms with Gasteiger partial charge in [0, 0.05) is 6.04 Å². The first-order valence-electron chi connectivity index (χ1n) is 5.38. The maximum atomic E-state index is 12.8. The molecule has 1 unspecified atom stereocenters. The highest BCUT2D eigenvalue weighted by Crippen LogP contribution is 2.34. The van der Waals surface area contributed by atoms with Gasteiger partial charge in [0.1, 0.15) is 6.04 Å². The Kier molecular flexibility index (Phi) is 4.34. The topological polar surface area (TPSA) is 49.3 Å². The standard InChI is InChI=1S/C12H14F3NO2/c1-7(2)16-10(11(17)18)8-5-3-4-6-9(8)12(13,14)15/h3-7,10,16H,1-2H3,(H,17,18). The molecule has 3 nitrogen and oxygen atoms in total. The minimum atomic E-state index is -4.57. The van der Waals surface area contributed by atoms with Crippen LogP contribution in [-0.2, 0) is 11.0 Å². The summed E-state index contributed by atoms with van der Waals surface area (Å²) in [5.74, 6) is -1.33. The summed E-state index contributed by atoms with van der Waals surface area (Å²) in [5, 5.41) is 11.6. The molecule has 1 aromatic carbocycles. The highest BCUT2D eigenvalue weighted by molar-refractivity contribution is 5.76. The fraction of sp³-hybridized carbons (Fsp3) is 0.417. The van der Waals surface area contributed by atoms with Crippen molar-refractivity contribution in [3.63, 3.8) is 0 Å². The molecular formula is C12H14F3NO2. The lowest BCUT2D eigenvalue weighted by Gasteiger charge is -2.21. The number of rotatable bonds is 4. The van der Waals surface area contributed by atoms with Gasteiger partial charge in [0.15, 0.2) is 0 Å². The van der Waals surface area contributed by atoms with Crippen LogP contribution in [0.1, 0.15) is 31.0 Å².